The molecule has 1 N–H and O–H groups in total. The highest BCUT2D eigenvalue weighted by atomic mass is 16.5. The second-order valence-corrected chi connectivity index (χ2v) is 7.44. The van der Waals surface area contributed by atoms with E-state index in [1.807, 2.05) is 19.1 Å². The van der Waals surface area contributed by atoms with Crippen LogP contribution in [0.4, 0.5) is 0 Å². The summed E-state index contributed by atoms with van der Waals surface area (Å²) in [6, 6.07) is 3.74. The van der Waals surface area contributed by atoms with Crippen LogP contribution in [0.2, 0.25) is 0 Å². The van der Waals surface area contributed by atoms with E-state index in [0.717, 1.165) is 23.4 Å². The molecule has 1 aromatic rings. The molecule has 2 heterocycles. The first-order valence-electron chi connectivity index (χ1n) is 8.65. The molecule has 3 rings (SSSR count). The zero-order valence-corrected chi connectivity index (χ0v) is 15.2. The predicted octanol–water partition coefficient (Wildman–Crippen LogP) is 3.25. The lowest BCUT2D eigenvalue weighted by atomic mass is 9.69. The van der Waals surface area contributed by atoms with E-state index in [2.05, 4.69) is 24.1 Å². The molecule has 5 nitrogen and oxygen atoms in total. The number of nitrogens with zero attached hydrogens (tertiary/aromatic N) is 1. The van der Waals surface area contributed by atoms with Gasteiger partial charge in [0.05, 0.1) is 12.2 Å². The minimum absolute atomic E-state index is 0.0851. The topological polar surface area (TPSA) is 68.3 Å². The summed E-state index contributed by atoms with van der Waals surface area (Å²) in [4.78, 5) is 29.8. The maximum absolute atomic E-state index is 13.0. The average molecular weight is 340 g/mol. The van der Waals surface area contributed by atoms with Gasteiger partial charge in [-0.15, -0.1) is 0 Å². The summed E-state index contributed by atoms with van der Waals surface area (Å²) < 4.78 is 5.27. The number of carbonyl (C=O) groups is 2. The normalized spacial score (nSPS) is 22.4. The number of hydrogen-bond acceptors (Lipinski definition) is 5. The van der Waals surface area contributed by atoms with Crippen molar-refractivity contribution in [3.8, 4) is 0 Å². The van der Waals surface area contributed by atoms with Gasteiger partial charge in [-0.05, 0) is 37.3 Å². The van der Waals surface area contributed by atoms with Crippen molar-refractivity contribution in [1.29, 1.82) is 0 Å². The van der Waals surface area contributed by atoms with Gasteiger partial charge in [0, 0.05) is 41.7 Å². The lowest BCUT2D eigenvalue weighted by Gasteiger charge is -2.39. The van der Waals surface area contributed by atoms with Crippen molar-refractivity contribution < 1.29 is 14.3 Å². The molecule has 0 fully saturated rings. The summed E-state index contributed by atoms with van der Waals surface area (Å²) in [5.41, 5.74) is 3.59. The number of dihydropyridines is 1. The van der Waals surface area contributed by atoms with Gasteiger partial charge in [0.15, 0.2) is 5.78 Å². The van der Waals surface area contributed by atoms with Crippen LogP contribution < -0.4 is 5.32 Å². The lowest BCUT2D eigenvalue weighted by molar-refractivity contribution is -0.138. The Morgan fingerprint density at radius 2 is 2.16 bits per heavy atom. The summed E-state index contributed by atoms with van der Waals surface area (Å²) in [7, 11) is 0. The molecule has 0 amide bonds. The van der Waals surface area contributed by atoms with E-state index in [0.29, 0.717) is 24.2 Å². The van der Waals surface area contributed by atoms with Gasteiger partial charge in [-0.25, -0.2) is 4.79 Å². The molecule has 25 heavy (non-hydrogen) atoms. The SMILES string of the molecule is CCOC(=O)C1=C(C)NC2=C(C(=O)CC(C)(C)C2)[C@@H]1c1cccnc1. The molecule has 5 heteroatoms. The Morgan fingerprint density at radius 1 is 1.40 bits per heavy atom. The van der Waals surface area contributed by atoms with Gasteiger partial charge in [-0.2, -0.15) is 0 Å². The maximum Gasteiger partial charge on any atom is 0.336 e. The molecule has 132 valence electrons. The molecule has 0 aromatic carbocycles. The number of ketones is 1. The first-order chi connectivity index (χ1) is 11.8. The number of ether oxygens (including phenoxy) is 1. The molecule has 1 aromatic heterocycles. The number of esters is 1. The molecule has 1 aliphatic heterocycles. The molecule has 0 saturated carbocycles. The van der Waals surface area contributed by atoms with E-state index in [1.54, 1.807) is 19.3 Å². The summed E-state index contributed by atoms with van der Waals surface area (Å²) in [5.74, 6) is -0.722. The largest absolute Gasteiger partial charge is 0.463 e. The fraction of sp³-hybridized carbons (Fsp3) is 0.450. The molecule has 0 saturated heterocycles. The molecule has 0 bridgehead atoms. The van der Waals surface area contributed by atoms with Crippen molar-refractivity contribution in [2.45, 2.75) is 46.5 Å². The molecule has 1 atom stereocenters. The monoisotopic (exact) mass is 340 g/mol. The minimum atomic E-state index is -0.424. The van der Waals surface area contributed by atoms with Crippen LogP contribution in [-0.2, 0) is 14.3 Å². The van der Waals surface area contributed by atoms with Crippen LogP contribution in [0.5, 0.6) is 0 Å². The van der Waals surface area contributed by atoms with Gasteiger partial charge in [-0.3, -0.25) is 9.78 Å². The third kappa shape index (κ3) is 3.23. The molecule has 0 unspecified atom stereocenters. The van der Waals surface area contributed by atoms with E-state index < -0.39 is 5.92 Å². The summed E-state index contributed by atoms with van der Waals surface area (Å²) >= 11 is 0. The number of hydrogen-bond donors (Lipinski definition) is 1. The Morgan fingerprint density at radius 3 is 2.80 bits per heavy atom. The average Bonchev–Trinajstić information content (AvgIpc) is 2.53. The second-order valence-electron chi connectivity index (χ2n) is 7.44. The zero-order valence-electron chi connectivity index (χ0n) is 15.2. The van der Waals surface area contributed by atoms with E-state index >= 15 is 0 Å². The van der Waals surface area contributed by atoms with Crippen LogP contribution in [-0.4, -0.2) is 23.3 Å². The fourth-order valence-corrected chi connectivity index (χ4v) is 3.80. The number of rotatable bonds is 3. The highest BCUT2D eigenvalue weighted by Gasteiger charge is 2.43. The van der Waals surface area contributed by atoms with E-state index in [1.165, 1.54) is 0 Å². The van der Waals surface area contributed by atoms with Crippen LogP contribution >= 0.6 is 0 Å². The first-order valence-corrected chi connectivity index (χ1v) is 8.65. The van der Waals surface area contributed by atoms with Gasteiger partial charge in [0.2, 0.25) is 0 Å². The van der Waals surface area contributed by atoms with E-state index in [9.17, 15) is 9.59 Å². The quantitative estimate of drug-likeness (QED) is 0.856. The molecule has 1 aliphatic carbocycles. The van der Waals surface area contributed by atoms with Gasteiger partial charge in [0.1, 0.15) is 0 Å². The van der Waals surface area contributed by atoms with Crippen LogP contribution in [0.3, 0.4) is 0 Å². The maximum atomic E-state index is 13.0. The summed E-state index contributed by atoms with van der Waals surface area (Å²) in [5, 5.41) is 3.31. The van der Waals surface area contributed by atoms with Crippen LogP contribution in [0.25, 0.3) is 0 Å². The Balaban J connectivity index is 2.16. The standard InChI is InChI=1S/C20H24N2O3/c1-5-25-19(24)16-12(2)22-14-9-20(3,4)10-15(23)18(14)17(16)13-7-6-8-21-11-13/h6-8,11,17,22H,5,9-10H2,1-4H3/t17-/m1/s1. The second kappa shape index (κ2) is 6.47. The van der Waals surface area contributed by atoms with Crippen molar-refractivity contribution in [2.24, 2.45) is 5.41 Å². The third-order valence-electron chi connectivity index (χ3n) is 4.75. The Kier molecular flexibility index (Phi) is 4.50. The number of aromatic nitrogens is 1. The van der Waals surface area contributed by atoms with Gasteiger partial charge in [-0.1, -0.05) is 19.9 Å². The lowest BCUT2D eigenvalue weighted by Crippen LogP contribution is -2.38. The Labute approximate surface area is 148 Å². The fourth-order valence-electron chi connectivity index (χ4n) is 3.80. The van der Waals surface area contributed by atoms with Crippen molar-refractivity contribution in [1.82, 2.24) is 10.3 Å². The molecular formula is C20H24N2O3. The first kappa shape index (κ1) is 17.4. The molecule has 2 aliphatic rings. The summed E-state index contributed by atoms with van der Waals surface area (Å²) in [6.45, 7) is 8.13. The number of nitrogens with one attached hydrogen (secondary N) is 1. The van der Waals surface area contributed by atoms with E-state index in [4.69, 9.17) is 4.74 Å². The predicted molar refractivity (Wildman–Crippen MR) is 94.5 cm³/mol. The molecule has 0 radical (unpaired) electrons. The van der Waals surface area contributed by atoms with Gasteiger partial charge in [0.25, 0.3) is 0 Å². The number of allylic oxidation sites excluding steroid dienone is 3. The molecular weight excluding hydrogens is 316 g/mol. The Bertz CT molecular complexity index is 775. The van der Waals surface area contributed by atoms with Crippen molar-refractivity contribution in [2.75, 3.05) is 6.61 Å². The zero-order chi connectivity index (χ0) is 18.2. The van der Waals surface area contributed by atoms with Gasteiger partial charge >= 0.3 is 5.97 Å². The van der Waals surface area contributed by atoms with Crippen molar-refractivity contribution in [3.05, 3.63) is 52.6 Å². The van der Waals surface area contributed by atoms with E-state index in [-0.39, 0.29) is 17.2 Å². The molecule has 0 spiro atoms. The highest BCUT2D eigenvalue weighted by Crippen LogP contribution is 2.46. The Hall–Kier alpha value is -2.43. The van der Waals surface area contributed by atoms with Crippen LogP contribution in [0.15, 0.2) is 47.1 Å². The number of pyridine rings is 1. The van der Waals surface area contributed by atoms with Crippen LogP contribution in [0, 0.1) is 5.41 Å². The summed E-state index contributed by atoms with van der Waals surface area (Å²) in [6.07, 6.45) is 4.66. The van der Waals surface area contributed by atoms with Crippen LogP contribution in [0.1, 0.15) is 52.0 Å². The van der Waals surface area contributed by atoms with Gasteiger partial charge < -0.3 is 10.1 Å². The van der Waals surface area contributed by atoms with Crippen molar-refractivity contribution >= 4 is 11.8 Å². The number of Topliss-reactive ketones (excluding diaryl/α,β-unsaturated/α-hetero) is 1. The number of carbonyl (C=O) groups excluding carboxylic acids is 2. The minimum Gasteiger partial charge on any atom is -0.463 e. The highest BCUT2D eigenvalue weighted by molar-refractivity contribution is 6.04. The smallest absolute Gasteiger partial charge is 0.336 e. The van der Waals surface area contributed by atoms with Crippen molar-refractivity contribution in [3.63, 3.8) is 0 Å². The third-order valence-corrected chi connectivity index (χ3v) is 4.75.